The maximum absolute atomic E-state index is 6.40. The molecule has 2 nitrogen and oxygen atoms in total. The van der Waals surface area contributed by atoms with Crippen molar-refractivity contribution in [3.63, 3.8) is 0 Å². The molecule has 2 N–H and O–H groups in total. The van der Waals surface area contributed by atoms with E-state index in [1.807, 2.05) is 25.1 Å². The summed E-state index contributed by atoms with van der Waals surface area (Å²) < 4.78 is 5.68. The van der Waals surface area contributed by atoms with Crippen molar-refractivity contribution >= 4 is 0 Å². The normalized spacial score (nSPS) is 13.0. The molecule has 0 saturated heterocycles. The average Bonchev–Trinajstić information content (AvgIpc) is 2.49. The Hall–Kier alpha value is -1.80. The maximum Gasteiger partial charge on any atom is 0.122 e. The third-order valence-corrected chi connectivity index (χ3v) is 3.92. The van der Waals surface area contributed by atoms with Gasteiger partial charge in [0.2, 0.25) is 0 Å². The smallest absolute Gasteiger partial charge is 0.122 e. The quantitative estimate of drug-likeness (QED) is 0.873. The van der Waals surface area contributed by atoms with Gasteiger partial charge in [-0.05, 0) is 41.5 Å². The van der Waals surface area contributed by atoms with Crippen LogP contribution in [0.15, 0.2) is 48.5 Å². The van der Waals surface area contributed by atoms with Gasteiger partial charge in [0.15, 0.2) is 0 Å². The van der Waals surface area contributed by atoms with Crippen molar-refractivity contribution in [2.75, 3.05) is 6.61 Å². The molecule has 0 radical (unpaired) electrons. The summed E-state index contributed by atoms with van der Waals surface area (Å²) in [6, 6.07) is 16.8. The summed E-state index contributed by atoms with van der Waals surface area (Å²) in [5.74, 6) is 0.937. The molecule has 2 aromatic carbocycles. The molecule has 0 aliphatic rings. The summed E-state index contributed by atoms with van der Waals surface area (Å²) in [5.41, 5.74) is 10.2. The van der Waals surface area contributed by atoms with Gasteiger partial charge >= 0.3 is 0 Å². The molecule has 0 spiro atoms. The fraction of sp³-hybridized carbons (Fsp3) is 0.400. The van der Waals surface area contributed by atoms with E-state index in [2.05, 4.69) is 51.1 Å². The lowest BCUT2D eigenvalue weighted by Crippen LogP contribution is -2.15. The van der Waals surface area contributed by atoms with Gasteiger partial charge in [0.25, 0.3) is 0 Å². The highest BCUT2D eigenvalue weighted by Crippen LogP contribution is 2.26. The summed E-state index contributed by atoms with van der Waals surface area (Å²) in [6.45, 7) is 9.34. The fourth-order valence-corrected chi connectivity index (χ4v) is 2.55. The third-order valence-electron chi connectivity index (χ3n) is 3.92. The van der Waals surface area contributed by atoms with E-state index < -0.39 is 0 Å². The second-order valence-electron chi connectivity index (χ2n) is 6.72. The number of para-hydroxylation sites is 1. The first-order valence-electron chi connectivity index (χ1n) is 7.98. The van der Waals surface area contributed by atoms with Crippen molar-refractivity contribution in [1.29, 1.82) is 0 Å². The molecule has 0 aromatic heterocycles. The van der Waals surface area contributed by atoms with Crippen LogP contribution < -0.4 is 10.5 Å². The zero-order valence-electron chi connectivity index (χ0n) is 14.1. The summed E-state index contributed by atoms with van der Waals surface area (Å²) in [7, 11) is 0. The van der Waals surface area contributed by atoms with Crippen LogP contribution in [0.2, 0.25) is 0 Å². The lowest BCUT2D eigenvalue weighted by molar-refractivity contribution is 0.335. The SMILES string of the molecule is CCOc1ccccc1CC(N)c1ccc(C(C)(C)C)cc1. The molecule has 0 heterocycles. The number of benzene rings is 2. The van der Waals surface area contributed by atoms with Crippen LogP contribution in [-0.4, -0.2) is 6.61 Å². The van der Waals surface area contributed by atoms with E-state index in [1.54, 1.807) is 0 Å². The topological polar surface area (TPSA) is 35.2 Å². The predicted octanol–water partition coefficient (Wildman–Crippen LogP) is 4.63. The van der Waals surface area contributed by atoms with Crippen LogP contribution in [0.4, 0.5) is 0 Å². The van der Waals surface area contributed by atoms with Crippen LogP contribution >= 0.6 is 0 Å². The van der Waals surface area contributed by atoms with Crippen molar-refractivity contribution in [2.24, 2.45) is 5.73 Å². The molecule has 0 fully saturated rings. The summed E-state index contributed by atoms with van der Waals surface area (Å²) in [6.07, 6.45) is 0.783. The fourth-order valence-electron chi connectivity index (χ4n) is 2.55. The molecule has 1 atom stereocenters. The van der Waals surface area contributed by atoms with Crippen LogP contribution in [0.1, 0.15) is 50.4 Å². The Morgan fingerprint density at radius 1 is 1.00 bits per heavy atom. The van der Waals surface area contributed by atoms with Gasteiger partial charge in [-0.3, -0.25) is 0 Å². The molecule has 2 aromatic rings. The molecule has 2 heteroatoms. The minimum Gasteiger partial charge on any atom is -0.494 e. The van der Waals surface area contributed by atoms with Crippen LogP contribution in [0, 0.1) is 0 Å². The molecule has 0 aliphatic heterocycles. The van der Waals surface area contributed by atoms with Crippen molar-refractivity contribution in [3.8, 4) is 5.75 Å². The lowest BCUT2D eigenvalue weighted by atomic mass is 9.86. The minimum atomic E-state index is -0.0179. The first-order valence-corrected chi connectivity index (χ1v) is 7.98. The number of rotatable bonds is 5. The van der Waals surface area contributed by atoms with Crippen molar-refractivity contribution < 1.29 is 4.74 Å². The van der Waals surface area contributed by atoms with Gasteiger partial charge in [0.05, 0.1) is 6.61 Å². The minimum absolute atomic E-state index is 0.0179. The molecular weight excluding hydrogens is 270 g/mol. The predicted molar refractivity (Wildman–Crippen MR) is 93.4 cm³/mol. The second-order valence-corrected chi connectivity index (χ2v) is 6.72. The Balaban J connectivity index is 2.14. The van der Waals surface area contributed by atoms with E-state index in [-0.39, 0.29) is 11.5 Å². The van der Waals surface area contributed by atoms with Crippen LogP contribution in [-0.2, 0) is 11.8 Å². The molecule has 0 aliphatic carbocycles. The average molecular weight is 297 g/mol. The van der Waals surface area contributed by atoms with Crippen LogP contribution in [0.3, 0.4) is 0 Å². The number of hydrogen-bond donors (Lipinski definition) is 1. The Bertz CT molecular complexity index is 596. The van der Waals surface area contributed by atoms with E-state index in [4.69, 9.17) is 10.5 Å². The molecule has 118 valence electrons. The van der Waals surface area contributed by atoms with Gasteiger partial charge in [-0.15, -0.1) is 0 Å². The molecule has 0 amide bonds. The van der Waals surface area contributed by atoms with Gasteiger partial charge in [0, 0.05) is 6.04 Å². The Morgan fingerprint density at radius 2 is 1.64 bits per heavy atom. The Labute approximate surface area is 134 Å². The maximum atomic E-state index is 6.40. The largest absolute Gasteiger partial charge is 0.494 e. The van der Waals surface area contributed by atoms with Gasteiger partial charge in [-0.2, -0.15) is 0 Å². The van der Waals surface area contributed by atoms with E-state index >= 15 is 0 Å². The first-order chi connectivity index (χ1) is 10.4. The molecule has 2 rings (SSSR count). The van der Waals surface area contributed by atoms with Gasteiger partial charge in [0.1, 0.15) is 5.75 Å². The van der Waals surface area contributed by atoms with Gasteiger partial charge in [-0.1, -0.05) is 63.2 Å². The second kappa shape index (κ2) is 6.97. The molecule has 1 unspecified atom stereocenters. The summed E-state index contributed by atoms with van der Waals surface area (Å²) in [5, 5.41) is 0. The molecule has 0 saturated carbocycles. The molecular formula is C20H27NO. The monoisotopic (exact) mass is 297 g/mol. The Morgan fingerprint density at radius 3 is 2.23 bits per heavy atom. The van der Waals surface area contributed by atoms with E-state index in [1.165, 1.54) is 11.1 Å². The van der Waals surface area contributed by atoms with Gasteiger partial charge in [-0.25, -0.2) is 0 Å². The number of nitrogens with two attached hydrogens (primary N) is 1. The highest BCUT2D eigenvalue weighted by Gasteiger charge is 2.15. The lowest BCUT2D eigenvalue weighted by Gasteiger charge is -2.20. The summed E-state index contributed by atoms with van der Waals surface area (Å²) >= 11 is 0. The molecule has 22 heavy (non-hydrogen) atoms. The highest BCUT2D eigenvalue weighted by atomic mass is 16.5. The van der Waals surface area contributed by atoms with Crippen LogP contribution in [0.25, 0.3) is 0 Å². The van der Waals surface area contributed by atoms with Crippen molar-refractivity contribution in [1.82, 2.24) is 0 Å². The first kappa shape index (κ1) is 16.6. The highest BCUT2D eigenvalue weighted by molar-refractivity contribution is 5.36. The zero-order chi connectivity index (χ0) is 16.2. The van der Waals surface area contributed by atoms with E-state index in [0.717, 1.165) is 17.7 Å². The van der Waals surface area contributed by atoms with E-state index in [0.29, 0.717) is 6.61 Å². The van der Waals surface area contributed by atoms with Gasteiger partial charge < -0.3 is 10.5 Å². The Kier molecular flexibility index (Phi) is 5.25. The summed E-state index contributed by atoms with van der Waals surface area (Å²) in [4.78, 5) is 0. The standard InChI is InChI=1S/C20H27NO/c1-5-22-19-9-7-6-8-16(19)14-18(21)15-10-12-17(13-11-15)20(2,3)4/h6-13,18H,5,14,21H2,1-4H3. The molecule has 0 bridgehead atoms. The van der Waals surface area contributed by atoms with Crippen molar-refractivity contribution in [2.45, 2.75) is 45.6 Å². The third kappa shape index (κ3) is 4.11. The zero-order valence-corrected chi connectivity index (χ0v) is 14.1. The number of hydrogen-bond acceptors (Lipinski definition) is 2. The van der Waals surface area contributed by atoms with E-state index in [9.17, 15) is 0 Å². The van der Waals surface area contributed by atoms with Crippen molar-refractivity contribution in [3.05, 3.63) is 65.2 Å². The van der Waals surface area contributed by atoms with Crippen LogP contribution in [0.5, 0.6) is 5.75 Å². The number of ether oxygens (including phenoxy) is 1.